The normalized spacial score (nSPS) is 17.6. The summed E-state index contributed by atoms with van der Waals surface area (Å²) >= 11 is 0. The van der Waals surface area contributed by atoms with Crippen LogP contribution in [0, 0.1) is 0 Å². The molecule has 40 heavy (non-hydrogen) atoms. The average molecular weight is 541 g/mol. The highest BCUT2D eigenvalue weighted by Gasteiger charge is 2.24. The molecule has 5 rings (SSSR count). The first kappa shape index (κ1) is 28.3. The van der Waals surface area contributed by atoms with Gasteiger partial charge in [-0.25, -0.2) is 0 Å². The molecule has 2 aliphatic rings. The first-order valence-electron chi connectivity index (χ1n) is 15.0. The molecular weight excluding hydrogens is 496 g/mol. The molecule has 0 aromatic heterocycles. The molecule has 2 saturated heterocycles. The Labute approximate surface area is 239 Å². The van der Waals surface area contributed by atoms with E-state index in [9.17, 15) is 4.79 Å². The number of hydrogen-bond acceptors (Lipinski definition) is 5. The Morgan fingerprint density at radius 2 is 1.35 bits per heavy atom. The zero-order chi connectivity index (χ0) is 27.6. The van der Waals surface area contributed by atoms with Crippen LogP contribution in [-0.2, 0) is 0 Å². The quantitative estimate of drug-likeness (QED) is 0.381. The number of piperazine rings is 1. The summed E-state index contributed by atoms with van der Waals surface area (Å²) in [5, 5.41) is 3.08. The molecule has 0 atom stereocenters. The molecular formula is C34H44N4O2. The third kappa shape index (κ3) is 7.94. The Morgan fingerprint density at radius 1 is 0.775 bits per heavy atom. The largest absolute Gasteiger partial charge is 0.490 e. The van der Waals surface area contributed by atoms with Crippen LogP contribution >= 0.6 is 0 Å². The van der Waals surface area contributed by atoms with Gasteiger partial charge in [0.25, 0.3) is 5.91 Å². The Bertz CT molecular complexity index is 1120. The minimum absolute atomic E-state index is 0.0153. The minimum atomic E-state index is -0.0153. The van der Waals surface area contributed by atoms with E-state index in [-0.39, 0.29) is 12.0 Å². The highest BCUT2D eigenvalue weighted by molar-refractivity contribution is 5.94. The van der Waals surface area contributed by atoms with E-state index < -0.39 is 0 Å². The van der Waals surface area contributed by atoms with Crippen LogP contribution < -0.4 is 10.1 Å². The molecule has 3 aromatic rings. The lowest BCUT2D eigenvalue weighted by Crippen LogP contribution is -2.48. The molecule has 2 fully saturated rings. The van der Waals surface area contributed by atoms with Gasteiger partial charge in [-0.2, -0.15) is 0 Å². The fraction of sp³-hybridized carbons (Fsp3) is 0.441. The first-order chi connectivity index (χ1) is 19.7. The van der Waals surface area contributed by atoms with Crippen molar-refractivity contribution in [2.24, 2.45) is 0 Å². The van der Waals surface area contributed by atoms with Crippen LogP contribution in [0.3, 0.4) is 0 Å². The zero-order valence-corrected chi connectivity index (χ0v) is 23.9. The summed E-state index contributed by atoms with van der Waals surface area (Å²) in [6.07, 6.45) is 2.21. The molecule has 6 nitrogen and oxygen atoms in total. The van der Waals surface area contributed by atoms with Crippen molar-refractivity contribution in [2.75, 3.05) is 65.4 Å². The van der Waals surface area contributed by atoms with E-state index in [2.05, 4.69) is 87.6 Å². The number of piperidine rings is 1. The summed E-state index contributed by atoms with van der Waals surface area (Å²) in [7, 11) is 0. The number of ether oxygens (including phenoxy) is 1. The maximum atomic E-state index is 12.6. The third-order valence-electron chi connectivity index (χ3n) is 8.42. The molecule has 1 N–H and O–H groups in total. The highest BCUT2D eigenvalue weighted by atomic mass is 16.5. The molecule has 3 aromatic carbocycles. The Kier molecular flexibility index (Phi) is 10.2. The molecule has 6 heteroatoms. The second-order valence-corrected chi connectivity index (χ2v) is 11.0. The van der Waals surface area contributed by atoms with Gasteiger partial charge in [0, 0.05) is 70.4 Å². The molecule has 1 amide bonds. The zero-order valence-electron chi connectivity index (χ0n) is 23.9. The van der Waals surface area contributed by atoms with Crippen molar-refractivity contribution in [1.82, 2.24) is 20.0 Å². The van der Waals surface area contributed by atoms with Crippen molar-refractivity contribution in [3.63, 3.8) is 0 Å². The summed E-state index contributed by atoms with van der Waals surface area (Å²) in [5.74, 6) is 1.19. The van der Waals surface area contributed by atoms with Crippen LogP contribution in [0.5, 0.6) is 5.75 Å². The number of carbonyl (C=O) groups excluding carboxylic acids is 1. The number of amides is 1. The summed E-state index contributed by atoms with van der Waals surface area (Å²) in [6.45, 7) is 12.4. The topological polar surface area (TPSA) is 48.1 Å². The maximum absolute atomic E-state index is 12.6. The number of benzene rings is 3. The number of likely N-dealkylation sites (N-methyl/N-ethyl adjacent to an activating group) is 1. The van der Waals surface area contributed by atoms with Gasteiger partial charge in [-0.05, 0) is 54.8 Å². The lowest BCUT2D eigenvalue weighted by Gasteiger charge is -2.34. The van der Waals surface area contributed by atoms with Crippen LogP contribution in [0.4, 0.5) is 0 Å². The number of nitrogens with zero attached hydrogens (tertiary/aromatic N) is 3. The molecule has 0 aliphatic carbocycles. The van der Waals surface area contributed by atoms with E-state index in [1.54, 1.807) is 0 Å². The molecule has 0 unspecified atom stereocenters. The number of carbonyl (C=O) groups is 1. The number of nitrogens with one attached hydrogen (secondary N) is 1. The van der Waals surface area contributed by atoms with Gasteiger partial charge in [-0.1, -0.05) is 67.6 Å². The van der Waals surface area contributed by atoms with Gasteiger partial charge in [-0.15, -0.1) is 0 Å². The third-order valence-corrected chi connectivity index (χ3v) is 8.42. The smallest absolute Gasteiger partial charge is 0.251 e. The van der Waals surface area contributed by atoms with Crippen LogP contribution in [0.25, 0.3) is 0 Å². The maximum Gasteiger partial charge on any atom is 0.251 e. The van der Waals surface area contributed by atoms with E-state index in [1.165, 1.54) is 11.1 Å². The van der Waals surface area contributed by atoms with Gasteiger partial charge in [0.2, 0.25) is 0 Å². The number of rotatable bonds is 11. The lowest BCUT2D eigenvalue weighted by atomic mass is 9.90. The predicted octanol–water partition coefficient (Wildman–Crippen LogP) is 4.73. The summed E-state index contributed by atoms with van der Waals surface area (Å²) in [4.78, 5) is 20.1. The standard InChI is InChI=1S/C34H44N4O2/c1-2-36-23-25-37(26-24-36)22-19-35-34(39)30-13-15-31(16-14-30)40-32-17-20-38(21-18-32)27-33(28-9-5-3-6-10-28)29-11-7-4-8-12-29/h3-16,32-33H,2,17-27H2,1H3,(H,35,39). The molecule has 0 radical (unpaired) electrons. The monoisotopic (exact) mass is 540 g/mol. The Balaban J connectivity index is 1.05. The second-order valence-electron chi connectivity index (χ2n) is 11.0. The van der Waals surface area contributed by atoms with E-state index >= 15 is 0 Å². The minimum Gasteiger partial charge on any atom is -0.490 e. The van der Waals surface area contributed by atoms with E-state index in [1.807, 2.05) is 24.3 Å². The fourth-order valence-corrected chi connectivity index (χ4v) is 5.88. The molecule has 0 spiro atoms. The van der Waals surface area contributed by atoms with Crippen LogP contribution in [0.1, 0.15) is 47.2 Å². The van der Waals surface area contributed by atoms with Crippen molar-refractivity contribution in [3.05, 3.63) is 102 Å². The second kappa shape index (κ2) is 14.4. The Hall–Kier alpha value is -3.19. The molecule has 2 heterocycles. The first-order valence-corrected chi connectivity index (χ1v) is 15.0. The van der Waals surface area contributed by atoms with Gasteiger partial charge in [-0.3, -0.25) is 9.69 Å². The SMILES string of the molecule is CCN1CCN(CCNC(=O)c2ccc(OC3CCN(CC(c4ccccc4)c4ccccc4)CC3)cc2)CC1. The van der Waals surface area contributed by atoms with E-state index in [4.69, 9.17) is 4.74 Å². The lowest BCUT2D eigenvalue weighted by molar-refractivity contribution is 0.0937. The number of hydrogen-bond donors (Lipinski definition) is 1. The highest BCUT2D eigenvalue weighted by Crippen LogP contribution is 2.28. The van der Waals surface area contributed by atoms with Gasteiger partial charge < -0.3 is 19.9 Å². The molecule has 2 aliphatic heterocycles. The van der Waals surface area contributed by atoms with E-state index in [0.717, 1.165) is 77.5 Å². The molecule has 0 saturated carbocycles. The van der Waals surface area contributed by atoms with E-state index in [0.29, 0.717) is 18.0 Å². The summed E-state index contributed by atoms with van der Waals surface area (Å²) in [6, 6.07) is 29.3. The van der Waals surface area contributed by atoms with Crippen molar-refractivity contribution in [1.29, 1.82) is 0 Å². The fourth-order valence-electron chi connectivity index (χ4n) is 5.88. The summed E-state index contributed by atoms with van der Waals surface area (Å²) < 4.78 is 6.32. The molecule has 0 bridgehead atoms. The van der Waals surface area contributed by atoms with Gasteiger partial charge in [0.15, 0.2) is 0 Å². The number of likely N-dealkylation sites (tertiary alicyclic amines) is 1. The molecule has 212 valence electrons. The van der Waals surface area contributed by atoms with Crippen LogP contribution in [-0.4, -0.2) is 92.2 Å². The average Bonchev–Trinajstić information content (AvgIpc) is 3.02. The van der Waals surface area contributed by atoms with Crippen molar-refractivity contribution >= 4 is 5.91 Å². The van der Waals surface area contributed by atoms with Gasteiger partial charge in [0.05, 0.1) is 0 Å². The summed E-state index contributed by atoms with van der Waals surface area (Å²) in [5.41, 5.74) is 3.42. The van der Waals surface area contributed by atoms with Crippen LogP contribution in [0.15, 0.2) is 84.9 Å². The predicted molar refractivity (Wildman–Crippen MR) is 162 cm³/mol. The van der Waals surface area contributed by atoms with Crippen molar-refractivity contribution in [2.45, 2.75) is 31.8 Å². The van der Waals surface area contributed by atoms with Gasteiger partial charge in [0.1, 0.15) is 11.9 Å². The van der Waals surface area contributed by atoms with Crippen molar-refractivity contribution < 1.29 is 9.53 Å². The van der Waals surface area contributed by atoms with Crippen LogP contribution in [0.2, 0.25) is 0 Å². The van der Waals surface area contributed by atoms with Gasteiger partial charge >= 0.3 is 0 Å². The Morgan fingerprint density at radius 3 is 1.93 bits per heavy atom. The van der Waals surface area contributed by atoms with Crippen molar-refractivity contribution in [3.8, 4) is 5.75 Å².